The van der Waals surface area contributed by atoms with Crippen LogP contribution < -0.4 is 5.32 Å². The predicted molar refractivity (Wildman–Crippen MR) is 131 cm³/mol. The number of carbonyl (C=O) groups is 1. The Kier molecular flexibility index (Phi) is 6.90. The molecule has 1 saturated carbocycles. The van der Waals surface area contributed by atoms with Crippen molar-refractivity contribution in [3.8, 4) is 6.07 Å². The standard InChI is InChI=1S/C27H29FN6O2/c28-21-5-3-4-20-18(14-23(32-25(20)21)26(36)33-22-6-1-2-7-24(22)35)16-34-12-9-27(17-29,10-13-34)19-8-11-30-31-15-19/h3-5,8,11,14-15,22,24,35H,1-2,6-7,9-10,12-13,16H2,(H,33,36). The van der Waals surface area contributed by atoms with Crippen LogP contribution in [0.5, 0.6) is 0 Å². The lowest BCUT2D eigenvalue weighted by atomic mass is 9.75. The highest BCUT2D eigenvalue weighted by Gasteiger charge is 2.37. The molecule has 2 unspecified atom stereocenters. The molecule has 0 bridgehead atoms. The Hall–Kier alpha value is -3.48. The van der Waals surface area contributed by atoms with Gasteiger partial charge in [-0.2, -0.15) is 15.5 Å². The predicted octanol–water partition coefficient (Wildman–Crippen LogP) is 3.25. The van der Waals surface area contributed by atoms with Crippen LogP contribution in [0, 0.1) is 17.1 Å². The van der Waals surface area contributed by atoms with Crippen LogP contribution in [0.1, 0.15) is 60.1 Å². The van der Waals surface area contributed by atoms with Crippen LogP contribution in [0.4, 0.5) is 4.39 Å². The maximum Gasteiger partial charge on any atom is 0.270 e. The van der Waals surface area contributed by atoms with E-state index in [1.54, 1.807) is 24.5 Å². The first-order valence-corrected chi connectivity index (χ1v) is 12.5. The summed E-state index contributed by atoms with van der Waals surface area (Å²) in [5.41, 5.74) is 1.39. The minimum absolute atomic E-state index is 0.145. The second kappa shape index (κ2) is 10.2. The minimum atomic E-state index is -0.606. The van der Waals surface area contributed by atoms with Crippen LogP contribution in [0.25, 0.3) is 10.9 Å². The van der Waals surface area contributed by atoms with Crippen molar-refractivity contribution in [3.05, 3.63) is 65.4 Å². The summed E-state index contributed by atoms with van der Waals surface area (Å²) in [5.74, 6) is -0.881. The fourth-order valence-electron chi connectivity index (χ4n) is 5.43. The van der Waals surface area contributed by atoms with Gasteiger partial charge in [-0.05, 0) is 55.0 Å². The zero-order valence-electron chi connectivity index (χ0n) is 20.0. The first kappa shape index (κ1) is 24.2. The summed E-state index contributed by atoms with van der Waals surface area (Å²) in [6, 6.07) is 10.6. The number of nitrogens with one attached hydrogen (secondary N) is 1. The Morgan fingerprint density at radius 1 is 1.22 bits per heavy atom. The molecule has 9 heteroatoms. The molecule has 2 atom stereocenters. The molecule has 1 saturated heterocycles. The lowest BCUT2D eigenvalue weighted by Crippen LogP contribution is -2.45. The highest BCUT2D eigenvalue weighted by atomic mass is 19.1. The number of benzene rings is 1. The third-order valence-electron chi connectivity index (χ3n) is 7.61. The van der Waals surface area contributed by atoms with Crippen LogP contribution in [0.3, 0.4) is 0 Å². The molecule has 5 rings (SSSR count). The van der Waals surface area contributed by atoms with E-state index in [0.717, 1.165) is 24.0 Å². The van der Waals surface area contributed by atoms with Gasteiger partial charge in [0.25, 0.3) is 5.91 Å². The number of aromatic nitrogens is 3. The van der Waals surface area contributed by atoms with Gasteiger partial charge in [-0.25, -0.2) is 9.37 Å². The van der Waals surface area contributed by atoms with Crippen molar-refractivity contribution in [2.24, 2.45) is 0 Å². The molecule has 186 valence electrons. The highest BCUT2D eigenvalue weighted by Crippen LogP contribution is 2.35. The SMILES string of the molecule is N#CC1(c2ccnnc2)CCN(Cc2cc(C(=O)NC3CCCCC3O)nc3c(F)cccc23)CC1. The first-order chi connectivity index (χ1) is 17.5. The number of rotatable bonds is 5. The number of hydrogen-bond acceptors (Lipinski definition) is 7. The molecule has 1 amide bonds. The third-order valence-corrected chi connectivity index (χ3v) is 7.61. The molecule has 2 N–H and O–H groups in total. The Bertz CT molecular complexity index is 1290. The van der Waals surface area contributed by atoms with Crippen molar-refractivity contribution in [2.75, 3.05) is 13.1 Å². The van der Waals surface area contributed by atoms with Crippen molar-refractivity contribution in [3.63, 3.8) is 0 Å². The number of aliphatic hydroxyl groups is 1. The third kappa shape index (κ3) is 4.79. The molecule has 2 aromatic heterocycles. The van der Waals surface area contributed by atoms with Crippen molar-refractivity contribution in [1.29, 1.82) is 5.26 Å². The van der Waals surface area contributed by atoms with E-state index < -0.39 is 23.2 Å². The summed E-state index contributed by atoms with van der Waals surface area (Å²) < 4.78 is 14.7. The number of fused-ring (bicyclic) bond motifs is 1. The van der Waals surface area contributed by atoms with E-state index in [1.165, 1.54) is 6.07 Å². The molecule has 1 aliphatic carbocycles. The van der Waals surface area contributed by atoms with Crippen molar-refractivity contribution in [1.82, 2.24) is 25.4 Å². The van der Waals surface area contributed by atoms with Crippen molar-refractivity contribution < 1.29 is 14.3 Å². The molecule has 36 heavy (non-hydrogen) atoms. The fourth-order valence-corrected chi connectivity index (χ4v) is 5.43. The molecule has 2 aliphatic rings. The topological polar surface area (TPSA) is 115 Å². The van der Waals surface area contributed by atoms with Crippen LogP contribution in [-0.4, -0.2) is 56.3 Å². The number of nitrogens with zero attached hydrogens (tertiary/aromatic N) is 5. The second-order valence-corrected chi connectivity index (χ2v) is 9.84. The van der Waals surface area contributed by atoms with Gasteiger partial charge in [0.2, 0.25) is 0 Å². The van der Waals surface area contributed by atoms with Gasteiger partial charge in [-0.1, -0.05) is 25.0 Å². The maximum atomic E-state index is 14.7. The normalized spacial score (nSPS) is 22.1. The molecule has 1 aromatic carbocycles. The van der Waals surface area contributed by atoms with E-state index in [-0.39, 0.29) is 17.3 Å². The zero-order valence-corrected chi connectivity index (χ0v) is 20.0. The van der Waals surface area contributed by atoms with E-state index >= 15 is 0 Å². The van der Waals surface area contributed by atoms with E-state index in [0.29, 0.717) is 50.7 Å². The van der Waals surface area contributed by atoms with Gasteiger partial charge in [0.1, 0.15) is 17.0 Å². The van der Waals surface area contributed by atoms with E-state index in [9.17, 15) is 19.6 Å². The number of hydrogen-bond donors (Lipinski definition) is 2. The number of amides is 1. The fraction of sp³-hybridized carbons (Fsp3) is 0.444. The summed E-state index contributed by atoms with van der Waals surface area (Å²) in [6.07, 6.45) is 7.22. The van der Waals surface area contributed by atoms with Gasteiger partial charge in [-0.15, -0.1) is 0 Å². The Labute approximate surface area is 209 Å². The molecule has 0 radical (unpaired) electrons. The molecule has 0 spiro atoms. The lowest BCUT2D eigenvalue weighted by Gasteiger charge is -2.37. The minimum Gasteiger partial charge on any atom is -0.391 e. The highest BCUT2D eigenvalue weighted by molar-refractivity contribution is 5.96. The summed E-state index contributed by atoms with van der Waals surface area (Å²) in [6.45, 7) is 1.85. The van der Waals surface area contributed by atoms with Gasteiger partial charge < -0.3 is 10.4 Å². The number of halogens is 1. The Morgan fingerprint density at radius 3 is 2.75 bits per heavy atom. The molecule has 1 aliphatic heterocycles. The van der Waals surface area contributed by atoms with Crippen molar-refractivity contribution in [2.45, 2.75) is 62.6 Å². The monoisotopic (exact) mass is 488 g/mol. The summed E-state index contributed by atoms with van der Waals surface area (Å²) in [5, 5.41) is 31.6. The van der Waals surface area contributed by atoms with Crippen LogP contribution in [0.2, 0.25) is 0 Å². The van der Waals surface area contributed by atoms with Gasteiger partial charge in [0, 0.05) is 31.2 Å². The number of likely N-dealkylation sites (tertiary alicyclic amines) is 1. The summed E-state index contributed by atoms with van der Waals surface area (Å²) in [7, 11) is 0. The molecule has 8 nitrogen and oxygen atoms in total. The Morgan fingerprint density at radius 2 is 2.03 bits per heavy atom. The number of carbonyl (C=O) groups excluding carboxylic acids is 1. The largest absolute Gasteiger partial charge is 0.391 e. The average Bonchev–Trinajstić information content (AvgIpc) is 2.91. The Balaban J connectivity index is 1.38. The van der Waals surface area contributed by atoms with Crippen LogP contribution >= 0.6 is 0 Å². The van der Waals surface area contributed by atoms with Gasteiger partial charge in [0.15, 0.2) is 0 Å². The number of para-hydroxylation sites is 1. The molecule has 2 fully saturated rings. The maximum absolute atomic E-state index is 14.7. The quantitative estimate of drug-likeness (QED) is 0.566. The average molecular weight is 489 g/mol. The van der Waals surface area contributed by atoms with Gasteiger partial charge in [-0.3, -0.25) is 9.69 Å². The number of piperidine rings is 1. The smallest absolute Gasteiger partial charge is 0.270 e. The van der Waals surface area contributed by atoms with Crippen molar-refractivity contribution >= 4 is 16.8 Å². The van der Waals surface area contributed by atoms with Crippen LogP contribution in [-0.2, 0) is 12.0 Å². The second-order valence-electron chi connectivity index (χ2n) is 9.84. The molecule has 3 heterocycles. The zero-order chi connectivity index (χ0) is 25.1. The molecule has 3 aromatic rings. The number of nitriles is 1. The van der Waals surface area contributed by atoms with Crippen LogP contribution in [0.15, 0.2) is 42.7 Å². The number of aliphatic hydroxyl groups excluding tert-OH is 1. The number of pyridine rings is 1. The summed E-state index contributed by atoms with van der Waals surface area (Å²) >= 11 is 0. The lowest BCUT2D eigenvalue weighted by molar-refractivity contribution is 0.0714. The molecular weight excluding hydrogens is 459 g/mol. The van der Waals surface area contributed by atoms with Gasteiger partial charge >= 0.3 is 0 Å². The first-order valence-electron chi connectivity index (χ1n) is 12.5. The van der Waals surface area contributed by atoms with E-state index in [2.05, 4.69) is 31.5 Å². The van der Waals surface area contributed by atoms with Gasteiger partial charge in [0.05, 0.1) is 29.8 Å². The summed E-state index contributed by atoms with van der Waals surface area (Å²) in [4.78, 5) is 19.6. The van der Waals surface area contributed by atoms with E-state index in [1.807, 2.05) is 12.1 Å². The molecular formula is C27H29FN6O2. The van der Waals surface area contributed by atoms with E-state index in [4.69, 9.17) is 0 Å².